The minimum absolute atomic E-state index is 0.381. The lowest BCUT2D eigenvalue weighted by molar-refractivity contribution is -0.190. The van der Waals surface area contributed by atoms with E-state index in [1.165, 1.54) is 0 Å². The van der Waals surface area contributed by atoms with Crippen molar-refractivity contribution in [2.75, 3.05) is 13.2 Å². The largest absolute Gasteiger partial charge is 0.463 e. The first kappa shape index (κ1) is 20.6. The molecule has 1 unspecified atom stereocenters. The molecule has 9 heteroatoms. The Labute approximate surface area is 124 Å². The van der Waals surface area contributed by atoms with Crippen LogP contribution in [-0.4, -0.2) is 37.3 Å². The normalized spacial score (nSPS) is 13.6. The van der Waals surface area contributed by atoms with Gasteiger partial charge in [-0.05, 0) is 12.8 Å². The van der Waals surface area contributed by atoms with Crippen LogP contribution in [0.4, 0.5) is 22.0 Å². The number of esters is 2. The molecule has 0 saturated heterocycles. The minimum atomic E-state index is -4.95. The molecule has 0 aliphatic carbocycles. The number of hydrogen-bond donors (Lipinski definition) is 0. The molecule has 0 saturated carbocycles. The van der Waals surface area contributed by atoms with Gasteiger partial charge < -0.3 is 9.47 Å². The average Bonchev–Trinajstić information content (AvgIpc) is 2.37. The smallest absolute Gasteiger partial charge is 0.394 e. The summed E-state index contributed by atoms with van der Waals surface area (Å²) in [5.74, 6) is -5.80. The molecule has 4 nitrogen and oxygen atoms in total. The van der Waals surface area contributed by atoms with E-state index in [0.29, 0.717) is 6.42 Å². The third-order valence-electron chi connectivity index (χ3n) is 2.76. The van der Waals surface area contributed by atoms with Gasteiger partial charge in [0.2, 0.25) is 0 Å². The highest BCUT2D eigenvalue weighted by Crippen LogP contribution is 2.34. The van der Waals surface area contributed by atoms with Gasteiger partial charge in [0.05, 0.1) is 12.5 Å². The second-order valence-corrected chi connectivity index (χ2v) is 4.89. The van der Waals surface area contributed by atoms with Crippen LogP contribution in [0, 0.1) is 5.92 Å². The molecule has 0 bridgehead atoms. The Bertz CT molecular complexity index is 368. The van der Waals surface area contributed by atoms with E-state index in [-0.39, 0.29) is 5.92 Å². The monoisotopic (exact) mass is 334 g/mol. The Morgan fingerprint density at radius 3 is 2.18 bits per heavy atom. The quantitative estimate of drug-likeness (QED) is 0.368. The van der Waals surface area contributed by atoms with Gasteiger partial charge in [-0.3, -0.25) is 4.79 Å². The van der Waals surface area contributed by atoms with Gasteiger partial charge in [-0.15, -0.1) is 0 Å². The lowest BCUT2D eigenvalue weighted by Gasteiger charge is -2.17. The van der Waals surface area contributed by atoms with Gasteiger partial charge in [-0.25, -0.2) is 13.6 Å². The molecule has 0 rings (SSSR count). The fraction of sp³-hybridized carbons (Fsp3) is 0.846. The summed E-state index contributed by atoms with van der Waals surface area (Å²) < 4.78 is 70.4. The second-order valence-electron chi connectivity index (χ2n) is 4.89. The first-order chi connectivity index (χ1) is 9.97. The molecule has 0 aromatic heterocycles. The number of carbonyl (C=O) groups excluding carboxylic acids is 2. The molecule has 130 valence electrons. The summed E-state index contributed by atoms with van der Waals surface area (Å²) in [5.41, 5.74) is 0. The van der Waals surface area contributed by atoms with Crippen LogP contribution in [-0.2, 0) is 19.1 Å². The summed E-state index contributed by atoms with van der Waals surface area (Å²) in [7, 11) is 0. The highest BCUT2D eigenvalue weighted by Gasteiger charge is 2.42. The third-order valence-corrected chi connectivity index (χ3v) is 2.76. The Hall–Kier alpha value is -1.41. The van der Waals surface area contributed by atoms with Crippen molar-refractivity contribution in [1.82, 2.24) is 0 Å². The van der Waals surface area contributed by atoms with E-state index in [1.807, 2.05) is 0 Å². The topological polar surface area (TPSA) is 52.6 Å². The highest BCUT2D eigenvalue weighted by atomic mass is 19.4. The first-order valence-corrected chi connectivity index (χ1v) is 6.73. The molecular weight excluding hydrogens is 315 g/mol. The molecule has 0 N–H and O–H groups in total. The third kappa shape index (κ3) is 10.3. The fourth-order valence-electron chi connectivity index (χ4n) is 1.38. The maximum atomic E-state index is 12.9. The van der Waals surface area contributed by atoms with E-state index in [2.05, 4.69) is 9.47 Å². The number of alkyl halides is 5. The van der Waals surface area contributed by atoms with E-state index >= 15 is 0 Å². The van der Waals surface area contributed by atoms with Crippen LogP contribution in [0.5, 0.6) is 0 Å². The fourth-order valence-corrected chi connectivity index (χ4v) is 1.38. The molecule has 0 aliphatic heterocycles. The predicted molar refractivity (Wildman–Crippen MR) is 66.2 cm³/mol. The lowest BCUT2D eigenvalue weighted by atomic mass is 10.1. The Kier molecular flexibility index (Phi) is 8.32. The highest BCUT2D eigenvalue weighted by molar-refractivity contribution is 5.77. The van der Waals surface area contributed by atoms with Crippen molar-refractivity contribution in [2.24, 2.45) is 5.92 Å². The van der Waals surface area contributed by atoms with Crippen molar-refractivity contribution < 1.29 is 41.0 Å². The summed E-state index contributed by atoms with van der Waals surface area (Å²) in [6.45, 7) is 2.25. The molecule has 1 atom stereocenters. The molecule has 0 spiro atoms. The van der Waals surface area contributed by atoms with E-state index in [9.17, 15) is 31.5 Å². The second kappa shape index (κ2) is 8.89. The van der Waals surface area contributed by atoms with Crippen LogP contribution in [0.3, 0.4) is 0 Å². The SMILES string of the molecule is CCC(C)C(=O)OCC(=O)OCCCC(F)(F)CC(F)(F)F. The predicted octanol–water partition coefficient (Wildman–Crippen LogP) is 3.49. The zero-order valence-electron chi connectivity index (χ0n) is 12.3. The van der Waals surface area contributed by atoms with Gasteiger partial charge in [0.1, 0.15) is 6.42 Å². The summed E-state index contributed by atoms with van der Waals surface area (Å²) >= 11 is 0. The average molecular weight is 334 g/mol. The molecular formula is C13H19F5O4. The summed E-state index contributed by atoms with van der Waals surface area (Å²) in [6, 6.07) is 0. The van der Waals surface area contributed by atoms with Gasteiger partial charge in [-0.1, -0.05) is 13.8 Å². The summed E-state index contributed by atoms with van der Waals surface area (Å²) in [6.07, 6.45) is -8.10. The molecule has 22 heavy (non-hydrogen) atoms. The van der Waals surface area contributed by atoms with Gasteiger partial charge in [-0.2, -0.15) is 13.2 Å². The summed E-state index contributed by atoms with van der Waals surface area (Å²) in [4.78, 5) is 22.4. The zero-order chi connectivity index (χ0) is 17.4. The van der Waals surface area contributed by atoms with Crippen molar-refractivity contribution in [2.45, 2.75) is 51.6 Å². The number of halogens is 5. The van der Waals surface area contributed by atoms with Gasteiger partial charge in [0, 0.05) is 6.42 Å². The first-order valence-electron chi connectivity index (χ1n) is 6.73. The van der Waals surface area contributed by atoms with Gasteiger partial charge in [0.25, 0.3) is 5.92 Å². The van der Waals surface area contributed by atoms with Gasteiger partial charge >= 0.3 is 18.1 Å². The molecule has 0 heterocycles. The Morgan fingerprint density at radius 2 is 1.68 bits per heavy atom. The number of ether oxygens (including phenoxy) is 2. The van der Waals surface area contributed by atoms with Crippen LogP contribution in [0.25, 0.3) is 0 Å². The Morgan fingerprint density at radius 1 is 1.09 bits per heavy atom. The zero-order valence-corrected chi connectivity index (χ0v) is 12.3. The van der Waals surface area contributed by atoms with Crippen molar-refractivity contribution in [3.63, 3.8) is 0 Å². The van der Waals surface area contributed by atoms with Crippen molar-refractivity contribution >= 4 is 11.9 Å². The molecule has 0 aromatic rings. The van der Waals surface area contributed by atoms with Crippen LogP contribution in [0.1, 0.15) is 39.5 Å². The molecule has 0 aliphatic rings. The van der Waals surface area contributed by atoms with E-state index < -0.39 is 56.5 Å². The van der Waals surface area contributed by atoms with Crippen molar-refractivity contribution in [1.29, 1.82) is 0 Å². The number of hydrogen-bond acceptors (Lipinski definition) is 4. The van der Waals surface area contributed by atoms with Crippen LogP contribution >= 0.6 is 0 Å². The Balaban J connectivity index is 3.88. The maximum Gasteiger partial charge on any atom is 0.394 e. The maximum absolute atomic E-state index is 12.9. The molecule has 0 amide bonds. The van der Waals surface area contributed by atoms with E-state index in [1.54, 1.807) is 13.8 Å². The van der Waals surface area contributed by atoms with Crippen LogP contribution < -0.4 is 0 Å². The summed E-state index contributed by atoms with van der Waals surface area (Å²) in [5, 5.41) is 0. The minimum Gasteiger partial charge on any atom is -0.463 e. The number of rotatable bonds is 9. The van der Waals surface area contributed by atoms with Crippen molar-refractivity contribution in [3.05, 3.63) is 0 Å². The lowest BCUT2D eigenvalue weighted by Crippen LogP contribution is -2.26. The number of carbonyl (C=O) groups is 2. The van der Waals surface area contributed by atoms with Crippen LogP contribution in [0.15, 0.2) is 0 Å². The van der Waals surface area contributed by atoms with E-state index in [0.717, 1.165) is 0 Å². The van der Waals surface area contributed by atoms with E-state index in [4.69, 9.17) is 0 Å². The van der Waals surface area contributed by atoms with Crippen LogP contribution in [0.2, 0.25) is 0 Å². The van der Waals surface area contributed by atoms with Crippen molar-refractivity contribution in [3.8, 4) is 0 Å². The molecule has 0 aromatic carbocycles. The molecule has 0 radical (unpaired) electrons. The van der Waals surface area contributed by atoms with Gasteiger partial charge in [0.15, 0.2) is 6.61 Å². The standard InChI is InChI=1S/C13H19F5O4/c1-3-9(2)11(20)22-7-10(19)21-6-4-5-12(14,15)8-13(16,17)18/h9H,3-8H2,1-2H3. The molecule has 0 fully saturated rings.